The van der Waals surface area contributed by atoms with Crippen molar-refractivity contribution in [3.8, 4) is 17.2 Å². The topological polar surface area (TPSA) is 107 Å². The zero-order valence-corrected chi connectivity index (χ0v) is 19.7. The molecule has 8 nitrogen and oxygen atoms in total. The molecule has 174 valence electrons. The van der Waals surface area contributed by atoms with Crippen molar-refractivity contribution in [1.82, 2.24) is 4.98 Å². The molecule has 0 atom stereocenters. The van der Waals surface area contributed by atoms with Crippen molar-refractivity contribution >= 4 is 38.1 Å². The number of rotatable bonds is 9. The number of amides is 1. The molecule has 0 radical (unpaired) electrons. The van der Waals surface area contributed by atoms with E-state index in [1.54, 1.807) is 41.8 Å². The van der Waals surface area contributed by atoms with Gasteiger partial charge in [0.05, 0.1) is 24.1 Å². The SMILES string of the molecule is COc1ccc(S(=O)(=O)Nc2nc(CC(=O)Nc3ccc(Oc4ccccc4)cc3)cs2)cc1. The summed E-state index contributed by atoms with van der Waals surface area (Å²) in [6.07, 6.45) is 0.00301. The van der Waals surface area contributed by atoms with Crippen LogP contribution < -0.4 is 19.5 Å². The smallest absolute Gasteiger partial charge is 0.263 e. The number of carbonyl (C=O) groups excluding carboxylic acids is 1. The van der Waals surface area contributed by atoms with Crippen molar-refractivity contribution in [2.75, 3.05) is 17.1 Å². The molecule has 34 heavy (non-hydrogen) atoms. The van der Waals surface area contributed by atoms with E-state index in [-0.39, 0.29) is 22.4 Å². The average molecular weight is 496 g/mol. The number of anilines is 2. The maximum Gasteiger partial charge on any atom is 0.263 e. The molecule has 10 heteroatoms. The van der Waals surface area contributed by atoms with Crippen LogP contribution in [0.15, 0.2) is 89.1 Å². The second-order valence-electron chi connectivity index (χ2n) is 7.09. The number of hydrogen-bond donors (Lipinski definition) is 2. The monoisotopic (exact) mass is 495 g/mol. The van der Waals surface area contributed by atoms with Crippen LogP contribution in [0.4, 0.5) is 10.8 Å². The molecule has 0 spiro atoms. The predicted molar refractivity (Wildman–Crippen MR) is 131 cm³/mol. The Balaban J connectivity index is 1.32. The molecule has 4 rings (SSSR count). The van der Waals surface area contributed by atoms with E-state index >= 15 is 0 Å². The van der Waals surface area contributed by atoms with E-state index in [9.17, 15) is 13.2 Å². The highest BCUT2D eigenvalue weighted by atomic mass is 32.2. The maximum atomic E-state index is 12.5. The van der Waals surface area contributed by atoms with Crippen LogP contribution in [0.3, 0.4) is 0 Å². The van der Waals surface area contributed by atoms with E-state index in [1.165, 1.54) is 19.2 Å². The molecule has 0 aliphatic heterocycles. The molecule has 1 heterocycles. The molecule has 0 unspecified atom stereocenters. The lowest BCUT2D eigenvalue weighted by Crippen LogP contribution is -2.15. The van der Waals surface area contributed by atoms with E-state index in [1.807, 2.05) is 30.3 Å². The Hall–Kier alpha value is -3.89. The Morgan fingerprint density at radius 3 is 2.24 bits per heavy atom. The van der Waals surface area contributed by atoms with Gasteiger partial charge in [0.1, 0.15) is 17.2 Å². The Kier molecular flexibility index (Phi) is 7.09. The van der Waals surface area contributed by atoms with E-state index in [0.717, 1.165) is 17.1 Å². The van der Waals surface area contributed by atoms with Crippen LogP contribution in [0.1, 0.15) is 5.69 Å². The van der Waals surface area contributed by atoms with E-state index < -0.39 is 10.0 Å². The maximum absolute atomic E-state index is 12.5. The summed E-state index contributed by atoms with van der Waals surface area (Å²) in [7, 11) is -2.29. The number of thiazole rings is 1. The third-order valence-corrected chi connectivity index (χ3v) is 6.89. The summed E-state index contributed by atoms with van der Waals surface area (Å²) >= 11 is 1.11. The number of nitrogens with zero attached hydrogens (tertiary/aromatic N) is 1. The predicted octanol–water partition coefficient (Wildman–Crippen LogP) is 4.93. The largest absolute Gasteiger partial charge is 0.497 e. The highest BCUT2D eigenvalue weighted by Crippen LogP contribution is 2.24. The third kappa shape index (κ3) is 6.12. The Morgan fingerprint density at radius 1 is 0.912 bits per heavy atom. The van der Waals surface area contributed by atoms with Crippen LogP contribution in [0.5, 0.6) is 17.2 Å². The van der Waals surface area contributed by atoms with Gasteiger partial charge >= 0.3 is 0 Å². The van der Waals surface area contributed by atoms with Crippen molar-refractivity contribution in [2.45, 2.75) is 11.3 Å². The third-order valence-electron chi connectivity index (χ3n) is 4.60. The minimum Gasteiger partial charge on any atom is -0.497 e. The lowest BCUT2D eigenvalue weighted by Gasteiger charge is -2.08. The Morgan fingerprint density at radius 2 is 1.56 bits per heavy atom. The normalized spacial score (nSPS) is 11.0. The molecule has 0 saturated carbocycles. The lowest BCUT2D eigenvalue weighted by molar-refractivity contribution is -0.115. The standard InChI is InChI=1S/C24H21N3O5S2/c1-31-19-11-13-22(14-12-19)34(29,30)27-24-26-18(16-33-24)15-23(28)25-17-7-9-21(10-8-17)32-20-5-3-2-4-6-20/h2-14,16H,15H2,1H3,(H,25,28)(H,26,27). The summed E-state index contributed by atoms with van der Waals surface area (Å²) in [5.74, 6) is 1.66. The van der Waals surface area contributed by atoms with Crippen molar-refractivity contribution in [3.63, 3.8) is 0 Å². The van der Waals surface area contributed by atoms with Gasteiger partial charge in [0, 0.05) is 11.1 Å². The first-order valence-electron chi connectivity index (χ1n) is 10.2. The van der Waals surface area contributed by atoms with E-state index in [0.29, 0.717) is 22.9 Å². The fourth-order valence-electron chi connectivity index (χ4n) is 2.96. The van der Waals surface area contributed by atoms with Gasteiger partial charge in [-0.05, 0) is 60.7 Å². The molecule has 2 N–H and O–H groups in total. The van der Waals surface area contributed by atoms with Crippen LogP contribution in [0.25, 0.3) is 0 Å². The van der Waals surface area contributed by atoms with Crippen LogP contribution in [-0.2, 0) is 21.2 Å². The summed E-state index contributed by atoms with van der Waals surface area (Å²) in [6.45, 7) is 0. The van der Waals surface area contributed by atoms with Gasteiger partial charge in [-0.1, -0.05) is 18.2 Å². The molecular weight excluding hydrogens is 474 g/mol. The number of para-hydroxylation sites is 1. The summed E-state index contributed by atoms with van der Waals surface area (Å²) in [4.78, 5) is 16.7. The van der Waals surface area contributed by atoms with Gasteiger partial charge in [-0.25, -0.2) is 13.4 Å². The fraction of sp³-hybridized carbons (Fsp3) is 0.0833. The number of methoxy groups -OCH3 is 1. The number of aromatic nitrogens is 1. The van der Waals surface area contributed by atoms with Crippen LogP contribution in [0, 0.1) is 0 Å². The van der Waals surface area contributed by atoms with Crippen LogP contribution >= 0.6 is 11.3 Å². The van der Waals surface area contributed by atoms with Crippen LogP contribution in [0.2, 0.25) is 0 Å². The van der Waals surface area contributed by atoms with Gasteiger partial charge in [0.15, 0.2) is 5.13 Å². The lowest BCUT2D eigenvalue weighted by atomic mass is 10.2. The molecule has 0 aliphatic rings. The molecular formula is C24H21N3O5S2. The van der Waals surface area contributed by atoms with Crippen LogP contribution in [-0.4, -0.2) is 26.4 Å². The second kappa shape index (κ2) is 10.4. The van der Waals surface area contributed by atoms with E-state index in [2.05, 4.69) is 15.0 Å². The second-order valence-corrected chi connectivity index (χ2v) is 9.63. The summed E-state index contributed by atoms with van der Waals surface area (Å²) in [5, 5.41) is 4.62. The molecule has 1 aromatic heterocycles. The average Bonchev–Trinajstić information content (AvgIpc) is 3.26. The molecule has 4 aromatic rings. The summed E-state index contributed by atoms with van der Waals surface area (Å²) in [5.41, 5.74) is 1.07. The molecule has 0 fully saturated rings. The number of sulfonamides is 1. The molecule has 0 saturated heterocycles. The molecule has 3 aromatic carbocycles. The van der Waals surface area contributed by atoms with Crippen molar-refractivity contribution < 1.29 is 22.7 Å². The van der Waals surface area contributed by atoms with Gasteiger partial charge in [-0.2, -0.15) is 0 Å². The first-order chi connectivity index (χ1) is 16.4. The highest BCUT2D eigenvalue weighted by molar-refractivity contribution is 7.93. The zero-order chi connectivity index (χ0) is 24.0. The molecule has 0 bridgehead atoms. The number of nitrogens with one attached hydrogen (secondary N) is 2. The zero-order valence-electron chi connectivity index (χ0n) is 18.1. The Bertz CT molecular complexity index is 1350. The van der Waals surface area contributed by atoms with Crippen molar-refractivity contribution in [2.24, 2.45) is 0 Å². The summed E-state index contributed by atoms with van der Waals surface area (Å²) < 4.78 is 38.3. The summed E-state index contributed by atoms with van der Waals surface area (Å²) in [6, 6.07) is 22.4. The fourth-order valence-corrected chi connectivity index (χ4v) is 4.93. The van der Waals surface area contributed by atoms with E-state index in [4.69, 9.17) is 9.47 Å². The van der Waals surface area contributed by atoms with Gasteiger partial charge in [-0.15, -0.1) is 11.3 Å². The van der Waals surface area contributed by atoms with Gasteiger partial charge in [0.2, 0.25) is 5.91 Å². The Labute approximate surface area is 201 Å². The first-order valence-corrected chi connectivity index (χ1v) is 12.5. The number of hydrogen-bond acceptors (Lipinski definition) is 7. The van der Waals surface area contributed by atoms with Crippen molar-refractivity contribution in [3.05, 3.63) is 89.9 Å². The van der Waals surface area contributed by atoms with Gasteiger partial charge in [0.25, 0.3) is 10.0 Å². The first kappa shape index (κ1) is 23.3. The molecule has 0 aliphatic carbocycles. The van der Waals surface area contributed by atoms with Crippen molar-refractivity contribution in [1.29, 1.82) is 0 Å². The minimum absolute atomic E-state index is 0.00301. The minimum atomic E-state index is -3.80. The quantitative estimate of drug-likeness (QED) is 0.341. The number of ether oxygens (including phenoxy) is 2. The van der Waals surface area contributed by atoms with Gasteiger partial charge < -0.3 is 14.8 Å². The highest BCUT2D eigenvalue weighted by Gasteiger charge is 2.17. The number of carbonyl (C=O) groups is 1. The number of benzene rings is 3. The molecule has 1 amide bonds. The van der Waals surface area contributed by atoms with Gasteiger partial charge in [-0.3, -0.25) is 9.52 Å².